The van der Waals surface area contributed by atoms with Gasteiger partial charge in [-0.1, -0.05) is 152 Å². The molecule has 0 saturated heterocycles. The van der Waals surface area contributed by atoms with Crippen LogP contribution in [0.4, 0.5) is 13.2 Å². The van der Waals surface area contributed by atoms with Crippen molar-refractivity contribution >= 4 is 65.0 Å². The van der Waals surface area contributed by atoms with Crippen molar-refractivity contribution in [2.24, 2.45) is 0 Å². The Hall–Kier alpha value is -6.39. The summed E-state index contributed by atoms with van der Waals surface area (Å²) in [5.41, 5.74) is 6.83. The maximum Gasteiger partial charge on any atom is 0.417 e. The lowest BCUT2D eigenvalue weighted by molar-refractivity contribution is -0.135. The zero-order chi connectivity index (χ0) is 34.3. The fraction of sp³-hybridized carbons (Fsp3) is 0.0213. The second-order valence-corrected chi connectivity index (χ2v) is 13.0. The molecule has 51 heavy (non-hydrogen) atoms. The van der Waals surface area contributed by atoms with Gasteiger partial charge in [-0.2, -0.15) is 13.2 Å². The maximum absolute atomic E-state index is 14.6. The first-order valence-electron chi connectivity index (χ1n) is 16.9. The average Bonchev–Trinajstić information content (AvgIpc) is 3.54. The first-order valence-corrected chi connectivity index (χ1v) is 16.9. The molecule has 0 atom stereocenters. The van der Waals surface area contributed by atoms with Gasteiger partial charge in [-0.3, -0.25) is 0 Å². The second kappa shape index (κ2) is 11.1. The third kappa shape index (κ3) is 4.43. The highest BCUT2D eigenvalue weighted by Crippen LogP contribution is 2.49. The summed E-state index contributed by atoms with van der Waals surface area (Å²) >= 11 is 0. The van der Waals surface area contributed by atoms with Crippen molar-refractivity contribution in [3.8, 4) is 33.4 Å². The van der Waals surface area contributed by atoms with E-state index in [0.717, 1.165) is 49.4 Å². The normalized spacial score (nSPS) is 12.2. The molecule has 0 N–H and O–H groups in total. The Morgan fingerprint density at radius 1 is 0.353 bits per heavy atom. The van der Waals surface area contributed by atoms with Gasteiger partial charge in [0, 0.05) is 21.9 Å². The van der Waals surface area contributed by atoms with Crippen LogP contribution in [-0.2, 0) is 6.18 Å². The molecule has 0 fully saturated rings. The second-order valence-electron chi connectivity index (χ2n) is 13.0. The Morgan fingerprint density at radius 2 is 0.804 bits per heavy atom. The van der Waals surface area contributed by atoms with Crippen molar-refractivity contribution in [2.45, 2.75) is 6.18 Å². The van der Waals surface area contributed by atoms with Gasteiger partial charge in [0.2, 0.25) is 0 Å². The van der Waals surface area contributed by atoms with Crippen LogP contribution in [0.15, 0.2) is 168 Å². The average molecular weight is 665 g/mol. The number of hydrogen-bond acceptors (Lipinski definition) is 1. The molecule has 1 heterocycles. The molecule has 0 aliphatic rings. The van der Waals surface area contributed by atoms with Crippen molar-refractivity contribution in [1.82, 2.24) is 0 Å². The van der Waals surface area contributed by atoms with E-state index >= 15 is 0 Å². The van der Waals surface area contributed by atoms with Crippen molar-refractivity contribution < 1.29 is 17.6 Å². The van der Waals surface area contributed by atoms with E-state index < -0.39 is 11.7 Å². The zero-order valence-corrected chi connectivity index (χ0v) is 27.1. The van der Waals surface area contributed by atoms with Crippen LogP contribution in [0.5, 0.6) is 0 Å². The predicted molar refractivity (Wildman–Crippen MR) is 205 cm³/mol. The highest BCUT2D eigenvalue weighted by Gasteiger charge is 2.36. The van der Waals surface area contributed by atoms with E-state index in [4.69, 9.17) is 4.42 Å². The molecule has 10 rings (SSSR count). The third-order valence-corrected chi connectivity index (χ3v) is 10.3. The summed E-state index contributed by atoms with van der Waals surface area (Å²) in [5.74, 6) is 0. The van der Waals surface area contributed by atoms with E-state index in [1.54, 1.807) is 48.5 Å². The van der Waals surface area contributed by atoms with Gasteiger partial charge < -0.3 is 4.42 Å². The monoisotopic (exact) mass is 664 g/mol. The molecule has 0 bridgehead atoms. The van der Waals surface area contributed by atoms with Gasteiger partial charge in [0.1, 0.15) is 11.2 Å². The predicted octanol–water partition coefficient (Wildman–Crippen LogP) is 14.2. The van der Waals surface area contributed by atoms with Gasteiger partial charge >= 0.3 is 6.18 Å². The Balaban J connectivity index is 1.26. The van der Waals surface area contributed by atoms with Crippen LogP contribution in [0, 0.1) is 0 Å². The van der Waals surface area contributed by atoms with Crippen LogP contribution >= 0.6 is 0 Å². The zero-order valence-electron chi connectivity index (χ0n) is 27.1. The molecule has 0 spiro atoms. The maximum atomic E-state index is 14.6. The van der Waals surface area contributed by atoms with Crippen LogP contribution < -0.4 is 0 Å². The minimum Gasteiger partial charge on any atom is -0.455 e. The molecule has 242 valence electrons. The molecule has 0 aliphatic heterocycles. The van der Waals surface area contributed by atoms with Crippen molar-refractivity contribution in [3.63, 3.8) is 0 Å². The van der Waals surface area contributed by atoms with Gasteiger partial charge in [-0.25, -0.2) is 0 Å². The van der Waals surface area contributed by atoms with E-state index in [9.17, 15) is 13.2 Å². The third-order valence-electron chi connectivity index (χ3n) is 10.3. The Labute approximate surface area is 290 Å². The smallest absolute Gasteiger partial charge is 0.417 e. The molecular formula is C47H27F3O. The van der Waals surface area contributed by atoms with Crippen LogP contribution in [-0.4, -0.2) is 0 Å². The van der Waals surface area contributed by atoms with E-state index in [1.165, 1.54) is 21.9 Å². The molecule has 4 heteroatoms. The van der Waals surface area contributed by atoms with Crippen molar-refractivity contribution in [1.29, 1.82) is 0 Å². The van der Waals surface area contributed by atoms with Gasteiger partial charge in [-0.05, 0) is 77.5 Å². The molecular weight excluding hydrogens is 638 g/mol. The topological polar surface area (TPSA) is 13.1 Å². The van der Waals surface area contributed by atoms with Gasteiger partial charge in [0.15, 0.2) is 0 Å². The van der Waals surface area contributed by atoms with Crippen LogP contribution in [0.3, 0.4) is 0 Å². The quantitative estimate of drug-likeness (QED) is 0.171. The highest BCUT2D eigenvalue weighted by atomic mass is 19.4. The lowest BCUT2D eigenvalue weighted by Crippen LogP contribution is -2.07. The number of rotatable bonds is 3. The molecule has 0 saturated carbocycles. The Bertz CT molecular complexity index is 2890. The highest BCUT2D eigenvalue weighted by molar-refractivity contribution is 6.23. The molecule has 9 aromatic carbocycles. The van der Waals surface area contributed by atoms with E-state index in [0.29, 0.717) is 16.4 Å². The number of halogens is 3. The standard InChI is InChI=1S/C47H27F3O/c48-47(49,50)45-36-21-10-8-19-34(36)44(35-20-9-11-22-37(35)45)39-24-12-23-38-40-27-29(25-26-41(40)51-46(38)39)43-32-17-6-4-15-30(32)42(28-13-2-1-3-14-28)31-16-5-7-18-33(31)43/h1-27H. The number of alkyl halides is 3. The lowest BCUT2D eigenvalue weighted by atomic mass is 9.85. The number of benzene rings is 9. The number of furan rings is 1. The minimum absolute atomic E-state index is 0.173. The van der Waals surface area contributed by atoms with E-state index in [-0.39, 0.29) is 10.8 Å². The number of fused-ring (bicyclic) bond motifs is 7. The molecule has 0 radical (unpaired) electrons. The molecule has 0 unspecified atom stereocenters. The summed E-state index contributed by atoms with van der Waals surface area (Å²) < 4.78 is 50.6. The first kappa shape index (κ1) is 29.5. The van der Waals surface area contributed by atoms with E-state index in [1.807, 2.05) is 30.3 Å². The largest absolute Gasteiger partial charge is 0.455 e. The summed E-state index contributed by atoms with van der Waals surface area (Å²) in [7, 11) is 0. The number of hydrogen-bond donors (Lipinski definition) is 0. The Morgan fingerprint density at radius 3 is 1.33 bits per heavy atom. The summed E-state index contributed by atoms with van der Waals surface area (Å²) in [6, 6.07) is 53.6. The van der Waals surface area contributed by atoms with Gasteiger partial charge in [-0.15, -0.1) is 0 Å². The van der Waals surface area contributed by atoms with Gasteiger partial charge in [0.25, 0.3) is 0 Å². The van der Waals surface area contributed by atoms with Crippen molar-refractivity contribution in [3.05, 3.63) is 169 Å². The summed E-state index contributed by atoms with van der Waals surface area (Å²) in [6.45, 7) is 0. The summed E-state index contributed by atoms with van der Waals surface area (Å²) in [6.07, 6.45) is -4.52. The first-order chi connectivity index (χ1) is 25.0. The molecule has 10 aromatic rings. The molecule has 1 nitrogen and oxygen atoms in total. The fourth-order valence-corrected chi connectivity index (χ4v) is 8.23. The van der Waals surface area contributed by atoms with Crippen LogP contribution in [0.25, 0.3) is 98.4 Å². The fourth-order valence-electron chi connectivity index (χ4n) is 8.23. The SMILES string of the molecule is FC(F)(F)c1c2ccccc2c(-c2cccc3c2oc2ccc(-c4c5ccccc5c(-c5ccccc5)c5ccccc45)cc23)c2ccccc12. The lowest BCUT2D eigenvalue weighted by Gasteiger charge is -2.18. The van der Waals surface area contributed by atoms with Gasteiger partial charge in [0.05, 0.1) is 5.56 Å². The van der Waals surface area contributed by atoms with Crippen molar-refractivity contribution in [2.75, 3.05) is 0 Å². The van der Waals surface area contributed by atoms with E-state index in [2.05, 4.69) is 84.9 Å². The summed E-state index contributed by atoms with van der Waals surface area (Å²) in [4.78, 5) is 0. The number of para-hydroxylation sites is 1. The minimum atomic E-state index is -4.52. The van der Waals surface area contributed by atoms with Crippen LogP contribution in [0.1, 0.15) is 5.56 Å². The molecule has 0 aliphatic carbocycles. The molecule has 1 aromatic heterocycles. The molecule has 0 amide bonds. The Kier molecular flexibility index (Phi) is 6.40. The van der Waals surface area contributed by atoms with Crippen LogP contribution in [0.2, 0.25) is 0 Å². The summed E-state index contributed by atoms with van der Waals surface area (Å²) in [5, 5.41) is 7.95.